The molecular weight excluding hydrogens is 510 g/mol. The summed E-state index contributed by atoms with van der Waals surface area (Å²) in [5.41, 5.74) is 3.97. The predicted molar refractivity (Wildman–Crippen MR) is 157 cm³/mol. The Morgan fingerprint density at radius 1 is 0.872 bits per heavy atom. The van der Waals surface area contributed by atoms with E-state index in [1.54, 1.807) is 12.1 Å². The first-order valence-corrected chi connectivity index (χ1v) is 15.2. The van der Waals surface area contributed by atoms with Crippen molar-refractivity contribution >= 4 is 27.5 Å². The minimum absolute atomic E-state index is 0.176. The lowest BCUT2D eigenvalue weighted by Crippen LogP contribution is -2.53. The van der Waals surface area contributed by atoms with Crippen molar-refractivity contribution in [3.63, 3.8) is 0 Å². The van der Waals surface area contributed by atoms with Crippen molar-refractivity contribution in [1.82, 2.24) is 10.2 Å². The highest BCUT2D eigenvalue weighted by Crippen LogP contribution is 2.24. The molecule has 3 rings (SSSR count). The molecule has 8 heteroatoms. The number of para-hydroxylation sites is 1. The zero-order chi connectivity index (χ0) is 28.4. The van der Waals surface area contributed by atoms with E-state index in [9.17, 15) is 18.0 Å². The predicted octanol–water partition coefficient (Wildman–Crippen LogP) is 4.63. The summed E-state index contributed by atoms with van der Waals surface area (Å²) in [6.07, 6.45) is 3.15. The molecule has 3 aromatic rings. The number of unbranched alkanes of at least 4 members (excludes halogenated alkanes) is 1. The highest BCUT2D eigenvalue weighted by atomic mass is 32.2. The van der Waals surface area contributed by atoms with E-state index >= 15 is 0 Å². The quantitative estimate of drug-likeness (QED) is 0.315. The van der Waals surface area contributed by atoms with Gasteiger partial charge in [0.2, 0.25) is 21.8 Å². The zero-order valence-corrected chi connectivity index (χ0v) is 24.1. The first-order chi connectivity index (χ1) is 18.6. The number of carbonyl (C=O) groups is 2. The lowest BCUT2D eigenvalue weighted by molar-refractivity contribution is -0.140. The van der Waals surface area contributed by atoms with Crippen molar-refractivity contribution in [3.05, 3.63) is 101 Å². The molecule has 3 aromatic carbocycles. The van der Waals surface area contributed by atoms with E-state index in [4.69, 9.17) is 0 Å². The van der Waals surface area contributed by atoms with Crippen molar-refractivity contribution in [2.45, 2.75) is 52.6 Å². The number of aryl methyl sites for hydroxylation is 2. The Hall–Kier alpha value is -3.65. The summed E-state index contributed by atoms with van der Waals surface area (Å²) in [5.74, 6) is -0.700. The van der Waals surface area contributed by atoms with Crippen molar-refractivity contribution in [1.29, 1.82) is 0 Å². The number of nitrogens with zero attached hydrogens (tertiary/aromatic N) is 2. The van der Waals surface area contributed by atoms with Gasteiger partial charge in [0.25, 0.3) is 0 Å². The molecule has 7 nitrogen and oxygen atoms in total. The topological polar surface area (TPSA) is 86.8 Å². The maximum absolute atomic E-state index is 14.1. The Morgan fingerprint density at radius 2 is 1.49 bits per heavy atom. The van der Waals surface area contributed by atoms with E-state index in [-0.39, 0.29) is 12.5 Å². The molecular formula is C31H39N3O4S. The van der Waals surface area contributed by atoms with Gasteiger partial charge in [0, 0.05) is 19.5 Å². The number of anilines is 1. The Bertz CT molecular complexity index is 1360. The van der Waals surface area contributed by atoms with Gasteiger partial charge in [-0.05, 0) is 48.6 Å². The molecule has 2 amide bonds. The van der Waals surface area contributed by atoms with Gasteiger partial charge in [-0.3, -0.25) is 13.9 Å². The number of benzene rings is 3. The molecule has 1 atom stereocenters. The second-order valence-electron chi connectivity index (χ2n) is 9.85. The molecule has 208 valence electrons. The van der Waals surface area contributed by atoms with E-state index in [0.29, 0.717) is 18.7 Å². The average molecular weight is 550 g/mol. The minimum Gasteiger partial charge on any atom is -0.354 e. The number of rotatable bonds is 13. The van der Waals surface area contributed by atoms with Crippen LogP contribution in [0, 0.1) is 13.8 Å². The lowest BCUT2D eigenvalue weighted by atomic mass is 10.0. The summed E-state index contributed by atoms with van der Waals surface area (Å²) < 4.78 is 26.9. The van der Waals surface area contributed by atoms with Crippen LogP contribution in [0.4, 0.5) is 5.69 Å². The summed E-state index contributed by atoms with van der Waals surface area (Å²) in [4.78, 5) is 29.3. The molecule has 39 heavy (non-hydrogen) atoms. The van der Waals surface area contributed by atoms with Gasteiger partial charge >= 0.3 is 0 Å². The van der Waals surface area contributed by atoms with Crippen LogP contribution < -0.4 is 9.62 Å². The SMILES string of the molecule is CCCCNC(=O)[C@H](Cc1ccccc1)N(Cc1ccccc1C)C(=O)CN(c1ccccc1C)S(C)(=O)=O. The molecule has 0 unspecified atom stereocenters. The fourth-order valence-corrected chi connectivity index (χ4v) is 5.38. The number of hydrogen-bond donors (Lipinski definition) is 1. The Balaban J connectivity index is 2.05. The first kappa shape index (κ1) is 29.9. The third-order valence-electron chi connectivity index (χ3n) is 6.77. The third-order valence-corrected chi connectivity index (χ3v) is 7.89. The van der Waals surface area contributed by atoms with Gasteiger partial charge in [-0.2, -0.15) is 0 Å². The van der Waals surface area contributed by atoms with E-state index in [1.165, 1.54) is 4.90 Å². The Kier molecular flexibility index (Phi) is 10.7. The van der Waals surface area contributed by atoms with E-state index < -0.39 is 28.5 Å². The van der Waals surface area contributed by atoms with Gasteiger partial charge in [0.1, 0.15) is 12.6 Å². The van der Waals surface area contributed by atoms with E-state index in [0.717, 1.165) is 45.7 Å². The summed E-state index contributed by atoms with van der Waals surface area (Å²) in [7, 11) is -3.79. The fraction of sp³-hybridized carbons (Fsp3) is 0.355. The van der Waals surface area contributed by atoms with E-state index in [2.05, 4.69) is 5.32 Å². The average Bonchev–Trinajstić information content (AvgIpc) is 2.90. The van der Waals surface area contributed by atoms with Crippen molar-refractivity contribution in [2.75, 3.05) is 23.7 Å². The standard InChI is InChI=1S/C31H39N3O4S/c1-5-6-20-32-31(36)29(21-26-16-8-7-9-17-26)33(22-27-18-12-10-14-24(27)2)30(35)23-34(39(4,37)38)28-19-13-11-15-25(28)3/h7-19,29H,5-6,20-23H2,1-4H3,(H,32,36)/t29-/m0/s1. The van der Waals surface area contributed by atoms with Crippen molar-refractivity contribution in [2.24, 2.45) is 0 Å². The number of nitrogens with one attached hydrogen (secondary N) is 1. The number of amides is 2. The smallest absolute Gasteiger partial charge is 0.244 e. The van der Waals surface area contributed by atoms with Crippen LogP contribution in [0.1, 0.15) is 42.0 Å². The fourth-order valence-electron chi connectivity index (χ4n) is 4.47. The van der Waals surface area contributed by atoms with Gasteiger partial charge in [0.05, 0.1) is 11.9 Å². The van der Waals surface area contributed by atoms with Gasteiger partial charge in [0.15, 0.2) is 0 Å². The van der Waals surface area contributed by atoms with Crippen LogP contribution in [0.25, 0.3) is 0 Å². The summed E-state index contributed by atoms with van der Waals surface area (Å²) in [6, 6.07) is 23.5. The van der Waals surface area contributed by atoms with Crippen LogP contribution in [0.2, 0.25) is 0 Å². The van der Waals surface area contributed by atoms with Crippen LogP contribution in [-0.2, 0) is 32.6 Å². The molecule has 0 radical (unpaired) electrons. The van der Waals surface area contributed by atoms with Crippen molar-refractivity contribution in [3.8, 4) is 0 Å². The molecule has 0 spiro atoms. The largest absolute Gasteiger partial charge is 0.354 e. The summed E-state index contributed by atoms with van der Waals surface area (Å²) >= 11 is 0. The van der Waals surface area contributed by atoms with Crippen molar-refractivity contribution < 1.29 is 18.0 Å². The lowest BCUT2D eigenvalue weighted by Gasteiger charge is -2.34. The maximum atomic E-state index is 14.1. The molecule has 0 aromatic heterocycles. The molecule has 0 aliphatic carbocycles. The molecule has 0 fully saturated rings. The van der Waals surface area contributed by atoms with Gasteiger partial charge in [-0.15, -0.1) is 0 Å². The van der Waals surface area contributed by atoms with E-state index in [1.807, 2.05) is 87.5 Å². The first-order valence-electron chi connectivity index (χ1n) is 13.3. The third kappa shape index (κ3) is 8.42. The highest BCUT2D eigenvalue weighted by molar-refractivity contribution is 7.92. The maximum Gasteiger partial charge on any atom is 0.244 e. The second kappa shape index (κ2) is 13.9. The number of sulfonamides is 1. The van der Waals surface area contributed by atoms with Crippen LogP contribution >= 0.6 is 0 Å². The molecule has 0 saturated heterocycles. The zero-order valence-electron chi connectivity index (χ0n) is 23.3. The van der Waals surface area contributed by atoms with Gasteiger partial charge < -0.3 is 10.2 Å². The molecule has 0 aliphatic rings. The number of carbonyl (C=O) groups excluding carboxylic acids is 2. The highest BCUT2D eigenvalue weighted by Gasteiger charge is 2.33. The molecule has 1 N–H and O–H groups in total. The summed E-state index contributed by atoms with van der Waals surface area (Å²) in [5, 5.41) is 3.00. The van der Waals surface area contributed by atoms with Crippen LogP contribution in [0.5, 0.6) is 0 Å². The molecule has 0 saturated carbocycles. The van der Waals surface area contributed by atoms with Gasteiger partial charge in [-0.1, -0.05) is 86.1 Å². The summed E-state index contributed by atoms with van der Waals surface area (Å²) in [6.45, 7) is 6.08. The molecule has 0 aliphatic heterocycles. The normalized spacial score (nSPS) is 12.0. The monoisotopic (exact) mass is 549 g/mol. The van der Waals surface area contributed by atoms with Crippen LogP contribution in [0.3, 0.4) is 0 Å². The second-order valence-corrected chi connectivity index (χ2v) is 11.8. The Labute approximate surface area is 232 Å². The molecule has 0 heterocycles. The van der Waals surface area contributed by atoms with Crippen LogP contribution in [0.15, 0.2) is 78.9 Å². The Morgan fingerprint density at radius 3 is 2.10 bits per heavy atom. The molecule has 0 bridgehead atoms. The van der Waals surface area contributed by atoms with Gasteiger partial charge in [-0.25, -0.2) is 8.42 Å². The number of hydrogen-bond acceptors (Lipinski definition) is 4. The minimum atomic E-state index is -3.79. The van der Waals surface area contributed by atoms with Crippen LogP contribution in [-0.4, -0.2) is 50.5 Å².